The number of hydrogen-bond acceptors (Lipinski definition) is 6. The fraction of sp³-hybridized carbons (Fsp3) is 0.182. The Kier molecular flexibility index (Phi) is 7.45. The molecule has 1 aromatic heterocycles. The maximum absolute atomic E-state index is 13.4. The topological polar surface area (TPSA) is 131 Å². The van der Waals surface area contributed by atoms with Crippen LogP contribution in [0.5, 0.6) is 0 Å². The van der Waals surface area contributed by atoms with Crippen molar-refractivity contribution in [2.75, 3.05) is 5.73 Å². The third-order valence-corrected chi connectivity index (χ3v) is 6.09. The number of halogens is 1. The predicted molar refractivity (Wildman–Crippen MR) is 124 cm³/mol. The third kappa shape index (κ3) is 5.24. The van der Waals surface area contributed by atoms with E-state index in [0.717, 1.165) is 17.1 Å². The smallest absolute Gasteiger partial charge is 0.270 e. The van der Waals surface area contributed by atoms with Crippen molar-refractivity contribution in [1.29, 1.82) is 0 Å². The second-order valence-corrected chi connectivity index (χ2v) is 8.22. The number of nitrogen functional groups attached to an aromatic ring is 1. The number of anilines is 1. The number of nitrogens with zero attached hydrogens (tertiary/aromatic N) is 2. The summed E-state index contributed by atoms with van der Waals surface area (Å²) in [6.07, 6.45) is 0. The summed E-state index contributed by atoms with van der Waals surface area (Å²) in [5.41, 5.74) is 12.5. The van der Waals surface area contributed by atoms with Crippen LogP contribution in [0.1, 0.15) is 38.2 Å². The van der Waals surface area contributed by atoms with Gasteiger partial charge in [0.2, 0.25) is 5.91 Å². The molecule has 2 aromatic carbocycles. The van der Waals surface area contributed by atoms with Crippen molar-refractivity contribution in [1.82, 2.24) is 14.6 Å². The van der Waals surface area contributed by atoms with Gasteiger partial charge in [-0.1, -0.05) is 60.1 Å². The van der Waals surface area contributed by atoms with E-state index in [0.29, 0.717) is 17.1 Å². The molecule has 0 fully saturated rings. The van der Waals surface area contributed by atoms with Gasteiger partial charge in [-0.15, -0.1) is 0 Å². The van der Waals surface area contributed by atoms with Crippen LogP contribution in [0.4, 0.5) is 5.69 Å². The molecule has 0 unspecified atom stereocenters. The van der Waals surface area contributed by atoms with Gasteiger partial charge in [0, 0.05) is 18.1 Å². The van der Waals surface area contributed by atoms with E-state index < -0.39 is 17.9 Å². The highest BCUT2D eigenvalue weighted by molar-refractivity contribution is 7.09. The van der Waals surface area contributed by atoms with E-state index >= 15 is 0 Å². The first-order valence-corrected chi connectivity index (χ1v) is 10.9. The van der Waals surface area contributed by atoms with E-state index in [-0.39, 0.29) is 28.7 Å². The highest BCUT2D eigenvalue weighted by Gasteiger charge is 2.31. The van der Waals surface area contributed by atoms with Crippen molar-refractivity contribution in [3.8, 4) is 0 Å². The van der Waals surface area contributed by atoms with Gasteiger partial charge in [-0.05, 0) is 35.6 Å². The molecule has 0 saturated carbocycles. The molecule has 3 aromatic rings. The van der Waals surface area contributed by atoms with Crippen LogP contribution in [-0.2, 0) is 17.9 Å². The van der Waals surface area contributed by atoms with Gasteiger partial charge in [-0.25, -0.2) is 0 Å². The SMILES string of the molecule is C[C@@H](C(=O)NCc1ccccc1)N(Cc1ccccc1Cl)C(=O)c1snc(C(N)=O)c1N. The summed E-state index contributed by atoms with van der Waals surface area (Å²) in [7, 11) is 0. The number of benzene rings is 2. The second-order valence-electron chi connectivity index (χ2n) is 7.04. The fourth-order valence-corrected chi connectivity index (χ4v) is 3.99. The molecular formula is C22H22ClN5O3S. The van der Waals surface area contributed by atoms with Gasteiger partial charge in [0.15, 0.2) is 5.69 Å². The summed E-state index contributed by atoms with van der Waals surface area (Å²) in [5.74, 6) is -1.73. The van der Waals surface area contributed by atoms with Gasteiger partial charge in [0.05, 0.1) is 5.69 Å². The summed E-state index contributed by atoms with van der Waals surface area (Å²) in [6, 6.07) is 15.6. The number of primary amides is 1. The monoisotopic (exact) mass is 471 g/mol. The van der Waals surface area contributed by atoms with Gasteiger partial charge in [-0.3, -0.25) is 14.4 Å². The summed E-state index contributed by atoms with van der Waals surface area (Å²) >= 11 is 7.05. The van der Waals surface area contributed by atoms with E-state index in [1.165, 1.54) is 4.90 Å². The van der Waals surface area contributed by atoms with E-state index in [1.807, 2.05) is 30.3 Å². The molecule has 1 heterocycles. The highest BCUT2D eigenvalue weighted by Crippen LogP contribution is 2.26. The Morgan fingerprint density at radius 2 is 1.78 bits per heavy atom. The predicted octanol–water partition coefficient (Wildman–Crippen LogP) is 2.82. The summed E-state index contributed by atoms with van der Waals surface area (Å²) in [6.45, 7) is 1.98. The van der Waals surface area contributed by atoms with Crippen LogP contribution in [0.3, 0.4) is 0 Å². The summed E-state index contributed by atoms with van der Waals surface area (Å²) in [4.78, 5) is 39.2. The Hall–Kier alpha value is -3.43. The van der Waals surface area contributed by atoms with Crippen LogP contribution in [-0.4, -0.2) is 33.0 Å². The number of nitrogens with two attached hydrogens (primary N) is 2. The zero-order valence-electron chi connectivity index (χ0n) is 17.2. The molecular weight excluding hydrogens is 450 g/mol. The van der Waals surface area contributed by atoms with Crippen molar-refractivity contribution in [3.05, 3.63) is 81.3 Å². The minimum Gasteiger partial charge on any atom is -0.395 e. The summed E-state index contributed by atoms with van der Waals surface area (Å²) in [5, 5.41) is 3.30. The van der Waals surface area contributed by atoms with Crippen LogP contribution in [0, 0.1) is 0 Å². The number of carbonyl (C=O) groups excluding carboxylic acids is 3. The molecule has 10 heteroatoms. The number of aromatic nitrogens is 1. The molecule has 5 N–H and O–H groups in total. The first-order chi connectivity index (χ1) is 15.3. The molecule has 0 spiro atoms. The Labute approximate surface area is 194 Å². The van der Waals surface area contributed by atoms with E-state index in [2.05, 4.69) is 9.69 Å². The molecule has 8 nitrogen and oxygen atoms in total. The van der Waals surface area contributed by atoms with Crippen molar-refractivity contribution < 1.29 is 14.4 Å². The minimum absolute atomic E-state index is 0.0357. The molecule has 0 aliphatic carbocycles. The maximum atomic E-state index is 13.4. The average molecular weight is 472 g/mol. The fourth-order valence-electron chi connectivity index (χ4n) is 3.03. The Morgan fingerprint density at radius 3 is 2.41 bits per heavy atom. The van der Waals surface area contributed by atoms with Crippen molar-refractivity contribution >= 4 is 46.5 Å². The van der Waals surface area contributed by atoms with Crippen LogP contribution in [0.2, 0.25) is 5.02 Å². The maximum Gasteiger partial charge on any atom is 0.270 e. The Bertz CT molecular complexity index is 1140. The third-order valence-electron chi connectivity index (χ3n) is 4.87. The van der Waals surface area contributed by atoms with Gasteiger partial charge >= 0.3 is 0 Å². The quantitative estimate of drug-likeness (QED) is 0.464. The molecule has 0 aliphatic rings. The van der Waals surface area contributed by atoms with Crippen LogP contribution in [0.25, 0.3) is 0 Å². The number of hydrogen-bond donors (Lipinski definition) is 3. The van der Waals surface area contributed by atoms with Gasteiger partial charge in [0.1, 0.15) is 10.9 Å². The molecule has 166 valence electrons. The number of nitrogens with one attached hydrogen (secondary N) is 1. The van der Waals surface area contributed by atoms with Crippen molar-refractivity contribution in [2.24, 2.45) is 5.73 Å². The number of carbonyl (C=O) groups is 3. The standard InChI is InChI=1S/C22H22ClN5O3S/c1-13(21(30)26-11-14-7-3-2-4-8-14)28(12-15-9-5-6-10-16(15)23)22(31)19-17(24)18(20(25)29)27-32-19/h2-10,13H,11-12,24H2,1H3,(H2,25,29)(H,26,30)/t13-/m0/s1. The highest BCUT2D eigenvalue weighted by atomic mass is 35.5. The first-order valence-electron chi connectivity index (χ1n) is 9.70. The van der Waals surface area contributed by atoms with E-state index in [1.54, 1.807) is 31.2 Å². The molecule has 3 rings (SSSR count). The van der Waals surface area contributed by atoms with E-state index in [9.17, 15) is 14.4 Å². The molecule has 0 radical (unpaired) electrons. The zero-order valence-corrected chi connectivity index (χ0v) is 18.8. The lowest BCUT2D eigenvalue weighted by Gasteiger charge is -2.28. The lowest BCUT2D eigenvalue weighted by molar-refractivity contribution is -0.125. The molecule has 0 saturated heterocycles. The molecule has 0 aliphatic heterocycles. The van der Waals surface area contributed by atoms with Crippen LogP contribution in [0.15, 0.2) is 54.6 Å². The van der Waals surface area contributed by atoms with Crippen molar-refractivity contribution in [2.45, 2.75) is 26.1 Å². The molecule has 3 amide bonds. The average Bonchev–Trinajstić information content (AvgIpc) is 3.18. The largest absolute Gasteiger partial charge is 0.395 e. The Morgan fingerprint density at radius 1 is 1.12 bits per heavy atom. The lowest BCUT2D eigenvalue weighted by Crippen LogP contribution is -2.47. The Balaban J connectivity index is 1.87. The molecule has 1 atom stereocenters. The molecule has 0 bridgehead atoms. The minimum atomic E-state index is -0.860. The van der Waals surface area contributed by atoms with Crippen LogP contribution < -0.4 is 16.8 Å². The number of amides is 3. The van der Waals surface area contributed by atoms with Crippen LogP contribution >= 0.6 is 23.1 Å². The summed E-state index contributed by atoms with van der Waals surface area (Å²) < 4.78 is 3.89. The van der Waals surface area contributed by atoms with Gasteiger partial charge in [0.25, 0.3) is 11.8 Å². The normalized spacial score (nSPS) is 11.6. The van der Waals surface area contributed by atoms with E-state index in [4.69, 9.17) is 23.1 Å². The lowest BCUT2D eigenvalue weighted by atomic mass is 10.1. The zero-order chi connectivity index (χ0) is 23.3. The number of rotatable bonds is 8. The van der Waals surface area contributed by atoms with Gasteiger partial charge < -0.3 is 21.7 Å². The van der Waals surface area contributed by atoms with Gasteiger partial charge in [-0.2, -0.15) is 4.37 Å². The second kappa shape index (κ2) is 10.3. The van der Waals surface area contributed by atoms with Crippen molar-refractivity contribution in [3.63, 3.8) is 0 Å². The molecule has 32 heavy (non-hydrogen) atoms. The first kappa shape index (κ1) is 23.2.